The van der Waals surface area contributed by atoms with Gasteiger partial charge < -0.3 is 28.4 Å². The molecule has 7 unspecified atom stereocenters. The Morgan fingerprint density at radius 2 is 1.50 bits per heavy atom. The molecule has 0 N–H and O–H groups in total. The second kappa shape index (κ2) is 5.21. The third-order valence-electron chi connectivity index (χ3n) is 3.98. The Morgan fingerprint density at radius 3 is 2.10 bits per heavy atom. The zero-order valence-corrected chi connectivity index (χ0v) is 12.2. The van der Waals surface area contributed by atoms with Crippen molar-refractivity contribution < 1.29 is 28.4 Å². The van der Waals surface area contributed by atoms with Gasteiger partial charge >= 0.3 is 0 Å². The molecule has 0 aromatic rings. The Labute approximate surface area is 126 Å². The summed E-state index contributed by atoms with van der Waals surface area (Å²) in [6.45, 7) is 1.01. The van der Waals surface area contributed by atoms with Gasteiger partial charge in [0.15, 0.2) is 18.7 Å². The fraction of sp³-hybridized carbons (Fsp3) is 1.00. The minimum Gasteiger partial charge on any atom is -0.347 e. The lowest BCUT2D eigenvalue weighted by atomic mass is 10.0. The molecule has 1 spiro atoms. The first-order valence-electron chi connectivity index (χ1n) is 6.76. The van der Waals surface area contributed by atoms with E-state index in [1.165, 1.54) is 0 Å². The van der Waals surface area contributed by atoms with Gasteiger partial charge in [-0.25, -0.2) is 0 Å². The van der Waals surface area contributed by atoms with Crippen LogP contribution in [0.3, 0.4) is 0 Å². The van der Waals surface area contributed by atoms with Crippen LogP contribution in [-0.2, 0) is 28.4 Å². The van der Waals surface area contributed by atoms with Crippen molar-refractivity contribution in [1.29, 1.82) is 0 Å². The Morgan fingerprint density at radius 1 is 0.900 bits per heavy atom. The Balaban J connectivity index is 1.26. The van der Waals surface area contributed by atoms with Crippen LogP contribution in [0.2, 0.25) is 0 Å². The van der Waals surface area contributed by atoms with Gasteiger partial charge in [0, 0.05) is 6.42 Å². The Hall–Kier alpha value is 0.340. The smallest absolute Gasteiger partial charge is 0.203 e. The number of rotatable bonds is 4. The van der Waals surface area contributed by atoms with Crippen molar-refractivity contribution in [2.24, 2.45) is 0 Å². The SMILES string of the molecule is ClCC1COC(C2CC3(O2)OC3C2OCC(CCl)O2)O1. The van der Waals surface area contributed by atoms with Gasteiger partial charge in [-0.3, -0.25) is 0 Å². The summed E-state index contributed by atoms with van der Waals surface area (Å²) in [5.41, 5.74) is 0. The maximum absolute atomic E-state index is 5.80. The second-order valence-electron chi connectivity index (χ2n) is 5.44. The molecular weight excluding hydrogens is 311 g/mol. The normalized spacial score (nSPS) is 54.3. The van der Waals surface area contributed by atoms with Crippen molar-refractivity contribution in [3.05, 3.63) is 0 Å². The predicted molar refractivity (Wildman–Crippen MR) is 67.8 cm³/mol. The molecule has 4 aliphatic rings. The molecule has 0 bridgehead atoms. The van der Waals surface area contributed by atoms with Crippen LogP contribution in [0.4, 0.5) is 0 Å². The highest BCUT2D eigenvalue weighted by Gasteiger charge is 2.72. The van der Waals surface area contributed by atoms with E-state index in [1.54, 1.807) is 0 Å². The molecule has 20 heavy (non-hydrogen) atoms. The van der Waals surface area contributed by atoms with Crippen molar-refractivity contribution in [3.63, 3.8) is 0 Å². The van der Waals surface area contributed by atoms with Crippen LogP contribution < -0.4 is 0 Å². The molecule has 8 heteroatoms. The molecule has 4 rings (SSSR count). The van der Waals surface area contributed by atoms with E-state index in [4.69, 9.17) is 51.6 Å². The minimum absolute atomic E-state index is 0.0521. The van der Waals surface area contributed by atoms with Gasteiger partial charge in [0.25, 0.3) is 0 Å². The molecule has 0 aromatic heterocycles. The summed E-state index contributed by atoms with van der Waals surface area (Å²) >= 11 is 11.5. The van der Waals surface area contributed by atoms with Crippen LogP contribution in [0, 0.1) is 0 Å². The van der Waals surface area contributed by atoms with E-state index in [0.29, 0.717) is 31.4 Å². The molecule has 4 heterocycles. The number of alkyl halides is 2. The summed E-state index contributed by atoms with van der Waals surface area (Å²) < 4.78 is 33.7. The zero-order chi connectivity index (χ0) is 13.7. The van der Waals surface area contributed by atoms with Gasteiger partial charge in [-0.1, -0.05) is 0 Å². The highest BCUT2D eigenvalue weighted by atomic mass is 35.5. The monoisotopic (exact) mass is 326 g/mol. The second-order valence-corrected chi connectivity index (χ2v) is 6.06. The van der Waals surface area contributed by atoms with Crippen LogP contribution in [0.1, 0.15) is 6.42 Å². The van der Waals surface area contributed by atoms with E-state index in [0.717, 1.165) is 0 Å². The molecule has 0 saturated carbocycles. The molecule has 0 amide bonds. The number of hydrogen-bond donors (Lipinski definition) is 0. The minimum atomic E-state index is -0.581. The molecule has 4 aliphatic heterocycles. The van der Waals surface area contributed by atoms with Gasteiger partial charge in [-0.05, 0) is 0 Å². The van der Waals surface area contributed by atoms with Crippen LogP contribution in [-0.4, -0.2) is 67.8 Å². The lowest BCUT2D eigenvalue weighted by molar-refractivity contribution is -0.274. The van der Waals surface area contributed by atoms with Crippen molar-refractivity contribution in [2.75, 3.05) is 25.0 Å². The summed E-state index contributed by atoms with van der Waals surface area (Å²) in [6, 6.07) is 0. The maximum Gasteiger partial charge on any atom is 0.203 e. The van der Waals surface area contributed by atoms with E-state index in [-0.39, 0.29) is 37.0 Å². The molecule has 4 saturated heterocycles. The highest BCUT2D eigenvalue weighted by Crippen LogP contribution is 2.54. The summed E-state index contributed by atoms with van der Waals surface area (Å²) in [6.07, 6.45) is -0.438. The van der Waals surface area contributed by atoms with Crippen LogP contribution >= 0.6 is 23.2 Å². The fourth-order valence-corrected chi connectivity index (χ4v) is 3.16. The lowest BCUT2D eigenvalue weighted by Crippen LogP contribution is -2.51. The summed E-state index contributed by atoms with van der Waals surface area (Å²) in [4.78, 5) is 0. The van der Waals surface area contributed by atoms with Gasteiger partial charge in [0.1, 0.15) is 6.10 Å². The molecule has 4 fully saturated rings. The van der Waals surface area contributed by atoms with E-state index in [1.807, 2.05) is 0 Å². The molecule has 114 valence electrons. The third-order valence-corrected chi connectivity index (χ3v) is 4.67. The summed E-state index contributed by atoms with van der Waals surface area (Å²) in [5.74, 6) is 0.267. The maximum atomic E-state index is 5.80. The van der Waals surface area contributed by atoms with Crippen molar-refractivity contribution in [2.45, 2.75) is 49.2 Å². The number of hydrogen-bond acceptors (Lipinski definition) is 6. The molecular formula is C12H16Cl2O6. The Kier molecular flexibility index (Phi) is 3.64. The first-order chi connectivity index (χ1) is 9.74. The van der Waals surface area contributed by atoms with E-state index in [2.05, 4.69) is 0 Å². The van der Waals surface area contributed by atoms with Crippen molar-refractivity contribution in [3.8, 4) is 0 Å². The van der Waals surface area contributed by atoms with E-state index < -0.39 is 5.79 Å². The first kappa shape index (κ1) is 14.0. The van der Waals surface area contributed by atoms with Crippen LogP contribution in [0.25, 0.3) is 0 Å². The molecule has 6 nitrogen and oxygen atoms in total. The molecule has 0 aliphatic carbocycles. The predicted octanol–water partition coefficient (Wildman–Crippen LogP) is 0.831. The van der Waals surface area contributed by atoms with E-state index in [9.17, 15) is 0 Å². The number of halogens is 2. The number of ether oxygens (including phenoxy) is 6. The number of epoxide rings is 1. The van der Waals surface area contributed by atoms with Gasteiger partial charge in [0.2, 0.25) is 5.79 Å². The molecule has 7 atom stereocenters. The average molecular weight is 327 g/mol. The molecule has 0 radical (unpaired) electrons. The topological polar surface area (TPSA) is 58.7 Å². The standard InChI is InChI=1S/C12H16Cl2O6/c13-2-6-4-15-10(17-6)8-1-12(19-8)9(20-12)11-16-5-7(3-14)18-11/h6-11H,1-5H2. The quantitative estimate of drug-likeness (QED) is 0.563. The lowest BCUT2D eigenvalue weighted by Gasteiger charge is -2.37. The van der Waals surface area contributed by atoms with Crippen molar-refractivity contribution >= 4 is 23.2 Å². The van der Waals surface area contributed by atoms with Crippen LogP contribution in [0.5, 0.6) is 0 Å². The largest absolute Gasteiger partial charge is 0.347 e. The van der Waals surface area contributed by atoms with E-state index >= 15 is 0 Å². The van der Waals surface area contributed by atoms with Crippen LogP contribution in [0.15, 0.2) is 0 Å². The average Bonchev–Trinajstić information content (AvgIpc) is 2.83. The highest BCUT2D eigenvalue weighted by molar-refractivity contribution is 6.18. The fourth-order valence-electron chi connectivity index (χ4n) is 2.84. The Bertz CT molecular complexity index is 377. The van der Waals surface area contributed by atoms with Gasteiger partial charge in [-0.15, -0.1) is 23.2 Å². The molecule has 0 aromatic carbocycles. The summed E-state index contributed by atoms with van der Waals surface area (Å²) in [5, 5.41) is 0. The zero-order valence-electron chi connectivity index (χ0n) is 10.7. The third kappa shape index (κ3) is 2.27. The van der Waals surface area contributed by atoms with Gasteiger partial charge in [-0.2, -0.15) is 0 Å². The van der Waals surface area contributed by atoms with Crippen molar-refractivity contribution in [1.82, 2.24) is 0 Å². The van der Waals surface area contributed by atoms with Gasteiger partial charge in [0.05, 0.1) is 37.2 Å². The summed E-state index contributed by atoms with van der Waals surface area (Å²) in [7, 11) is 0. The first-order valence-corrected chi connectivity index (χ1v) is 7.82.